The average Bonchev–Trinajstić information content (AvgIpc) is 2.34. The monoisotopic (exact) mass is 325 g/mol. The summed E-state index contributed by atoms with van der Waals surface area (Å²) in [6.45, 7) is 1.43. The lowest BCUT2D eigenvalue weighted by atomic mass is 10.0. The molecule has 0 heterocycles. The second-order valence-corrected chi connectivity index (χ2v) is 5.08. The van der Waals surface area contributed by atoms with Crippen LogP contribution in [0.25, 0.3) is 0 Å². The van der Waals surface area contributed by atoms with Crippen LogP contribution in [0.5, 0.6) is 0 Å². The van der Waals surface area contributed by atoms with Gasteiger partial charge in [-0.3, -0.25) is 4.79 Å². The first-order valence-corrected chi connectivity index (χ1v) is 6.25. The van der Waals surface area contributed by atoms with E-state index < -0.39 is 17.4 Å². The van der Waals surface area contributed by atoms with Crippen LogP contribution in [0.4, 0.5) is 14.5 Å². The number of carbonyl (C=O) groups is 1. The first-order valence-electron chi connectivity index (χ1n) is 5.45. The van der Waals surface area contributed by atoms with E-state index in [9.17, 15) is 13.6 Å². The molecule has 0 amide bonds. The molecule has 0 radical (unpaired) electrons. The molecule has 0 aliphatic rings. The minimum absolute atomic E-state index is 0.155. The van der Waals surface area contributed by atoms with Crippen LogP contribution in [0, 0.1) is 18.6 Å². The summed E-state index contributed by atoms with van der Waals surface area (Å²) < 4.78 is 27.8. The van der Waals surface area contributed by atoms with E-state index in [2.05, 4.69) is 15.9 Å². The number of hydrogen-bond acceptors (Lipinski definition) is 2. The molecule has 2 aromatic carbocycles. The highest BCUT2D eigenvalue weighted by atomic mass is 79.9. The predicted molar refractivity (Wildman–Crippen MR) is 73.1 cm³/mol. The van der Waals surface area contributed by atoms with Gasteiger partial charge in [0.05, 0.1) is 5.56 Å². The highest BCUT2D eigenvalue weighted by Crippen LogP contribution is 2.23. The smallest absolute Gasteiger partial charge is 0.196 e. The van der Waals surface area contributed by atoms with Crippen LogP contribution in [-0.4, -0.2) is 5.78 Å². The Morgan fingerprint density at radius 3 is 2.47 bits per heavy atom. The van der Waals surface area contributed by atoms with Crippen LogP contribution in [0.2, 0.25) is 0 Å². The molecule has 0 aliphatic carbocycles. The van der Waals surface area contributed by atoms with E-state index >= 15 is 0 Å². The van der Waals surface area contributed by atoms with E-state index in [0.29, 0.717) is 10.2 Å². The zero-order chi connectivity index (χ0) is 14.2. The number of rotatable bonds is 2. The van der Waals surface area contributed by atoms with E-state index in [1.54, 1.807) is 6.07 Å². The summed E-state index contributed by atoms with van der Waals surface area (Å²) in [5, 5.41) is 0. The average molecular weight is 326 g/mol. The van der Waals surface area contributed by atoms with Gasteiger partial charge in [0.2, 0.25) is 0 Å². The van der Waals surface area contributed by atoms with Gasteiger partial charge in [-0.1, -0.05) is 22.0 Å². The van der Waals surface area contributed by atoms with Gasteiger partial charge < -0.3 is 5.73 Å². The molecule has 0 saturated carbocycles. The van der Waals surface area contributed by atoms with Crippen molar-refractivity contribution in [2.75, 3.05) is 5.73 Å². The predicted octanol–water partition coefficient (Wildman–Crippen LogP) is 3.85. The molecule has 0 aromatic heterocycles. The number of carbonyl (C=O) groups excluding carboxylic acids is 1. The Balaban J connectivity index is 2.53. The van der Waals surface area contributed by atoms with Crippen molar-refractivity contribution in [2.24, 2.45) is 0 Å². The highest BCUT2D eigenvalue weighted by Gasteiger charge is 2.19. The molecule has 0 aliphatic heterocycles. The molecule has 0 bridgehead atoms. The number of ketones is 1. The van der Waals surface area contributed by atoms with Crippen LogP contribution < -0.4 is 5.73 Å². The molecule has 2 rings (SSSR count). The van der Waals surface area contributed by atoms with Crippen molar-refractivity contribution in [2.45, 2.75) is 6.92 Å². The molecule has 0 spiro atoms. The molecule has 5 heteroatoms. The minimum atomic E-state index is -1.14. The number of nitrogens with two attached hydrogens (primary N) is 1. The van der Waals surface area contributed by atoms with Gasteiger partial charge in [-0.2, -0.15) is 0 Å². The Kier molecular flexibility index (Phi) is 3.66. The minimum Gasteiger partial charge on any atom is -0.399 e. The number of nitrogen functional groups attached to an aromatic ring is 1. The van der Waals surface area contributed by atoms with E-state index in [1.165, 1.54) is 31.2 Å². The number of halogens is 3. The molecule has 2 nitrogen and oxygen atoms in total. The lowest BCUT2D eigenvalue weighted by molar-refractivity contribution is 0.103. The van der Waals surface area contributed by atoms with Crippen molar-refractivity contribution in [3.05, 3.63) is 63.1 Å². The zero-order valence-electron chi connectivity index (χ0n) is 10.0. The molecule has 0 unspecified atom stereocenters. The third-order valence-electron chi connectivity index (χ3n) is 2.70. The van der Waals surface area contributed by atoms with Gasteiger partial charge in [-0.15, -0.1) is 0 Å². The molecular formula is C14H10BrF2NO. The molecule has 0 saturated heterocycles. The van der Waals surface area contributed by atoms with Crippen molar-refractivity contribution in [1.82, 2.24) is 0 Å². The first kappa shape index (κ1) is 13.7. The fourth-order valence-corrected chi connectivity index (χ4v) is 2.23. The van der Waals surface area contributed by atoms with E-state index in [0.717, 1.165) is 0 Å². The normalized spacial score (nSPS) is 10.5. The molecule has 0 fully saturated rings. The third kappa shape index (κ3) is 2.66. The first-order chi connectivity index (χ1) is 8.90. The van der Waals surface area contributed by atoms with Gasteiger partial charge in [0.15, 0.2) is 17.4 Å². The number of aryl methyl sites for hydroxylation is 1. The molecule has 0 atom stereocenters. The second kappa shape index (κ2) is 5.09. The SMILES string of the molecule is Cc1ccc(C(=O)c2cc(N)cc(Br)c2)c(F)c1F. The van der Waals surface area contributed by atoms with E-state index in [-0.39, 0.29) is 16.7 Å². The number of benzene rings is 2. The van der Waals surface area contributed by atoms with Crippen LogP contribution in [0.3, 0.4) is 0 Å². The molecule has 2 aromatic rings. The van der Waals surface area contributed by atoms with Crippen molar-refractivity contribution >= 4 is 27.4 Å². The second-order valence-electron chi connectivity index (χ2n) is 4.16. The maximum absolute atomic E-state index is 13.8. The Hall–Kier alpha value is -1.75. The quantitative estimate of drug-likeness (QED) is 0.673. The molecule has 19 heavy (non-hydrogen) atoms. The van der Waals surface area contributed by atoms with Crippen molar-refractivity contribution in [1.29, 1.82) is 0 Å². The summed E-state index contributed by atoms with van der Waals surface area (Å²) in [4.78, 5) is 12.2. The Morgan fingerprint density at radius 2 is 1.84 bits per heavy atom. The maximum Gasteiger partial charge on any atom is 0.196 e. The van der Waals surface area contributed by atoms with Crippen molar-refractivity contribution in [3.8, 4) is 0 Å². The summed E-state index contributed by atoms with van der Waals surface area (Å²) >= 11 is 3.20. The van der Waals surface area contributed by atoms with Crippen molar-refractivity contribution in [3.63, 3.8) is 0 Å². The van der Waals surface area contributed by atoms with Crippen LogP contribution in [0.1, 0.15) is 21.5 Å². The summed E-state index contributed by atoms with van der Waals surface area (Å²) in [6, 6.07) is 7.18. The van der Waals surface area contributed by atoms with Gasteiger partial charge in [-0.05, 0) is 36.8 Å². The lowest BCUT2D eigenvalue weighted by Crippen LogP contribution is -2.07. The Morgan fingerprint density at radius 1 is 1.16 bits per heavy atom. The highest BCUT2D eigenvalue weighted by molar-refractivity contribution is 9.10. The molecule has 98 valence electrons. The van der Waals surface area contributed by atoms with Gasteiger partial charge in [-0.25, -0.2) is 8.78 Å². The van der Waals surface area contributed by atoms with Crippen molar-refractivity contribution < 1.29 is 13.6 Å². The fraction of sp³-hybridized carbons (Fsp3) is 0.0714. The summed E-state index contributed by atoms with van der Waals surface area (Å²) in [7, 11) is 0. The van der Waals surface area contributed by atoms with E-state index in [4.69, 9.17) is 5.73 Å². The van der Waals surface area contributed by atoms with Gasteiger partial charge in [0.1, 0.15) is 0 Å². The van der Waals surface area contributed by atoms with Crippen LogP contribution in [-0.2, 0) is 0 Å². The standard InChI is InChI=1S/C14H10BrF2NO/c1-7-2-3-11(13(17)12(7)16)14(19)8-4-9(15)6-10(18)5-8/h2-6H,18H2,1H3. The van der Waals surface area contributed by atoms with Crippen LogP contribution in [0.15, 0.2) is 34.8 Å². The van der Waals surface area contributed by atoms with E-state index in [1.807, 2.05) is 0 Å². The maximum atomic E-state index is 13.8. The van der Waals surface area contributed by atoms with Gasteiger partial charge in [0, 0.05) is 15.7 Å². The van der Waals surface area contributed by atoms with Gasteiger partial charge in [0.25, 0.3) is 0 Å². The largest absolute Gasteiger partial charge is 0.399 e. The summed E-state index contributed by atoms with van der Waals surface area (Å²) in [6.07, 6.45) is 0. The Labute approximate surface area is 117 Å². The lowest BCUT2D eigenvalue weighted by Gasteiger charge is -2.07. The third-order valence-corrected chi connectivity index (χ3v) is 3.16. The van der Waals surface area contributed by atoms with Gasteiger partial charge >= 0.3 is 0 Å². The molecular weight excluding hydrogens is 316 g/mol. The summed E-state index contributed by atoms with van der Waals surface area (Å²) in [5.74, 6) is -2.75. The van der Waals surface area contributed by atoms with Crippen LogP contribution >= 0.6 is 15.9 Å². The zero-order valence-corrected chi connectivity index (χ0v) is 11.6. The number of anilines is 1. The Bertz CT molecular complexity index is 650. The molecule has 2 N–H and O–H groups in total. The fourth-order valence-electron chi connectivity index (χ4n) is 1.72. The summed E-state index contributed by atoms with van der Waals surface area (Å²) in [5.41, 5.74) is 6.04. The number of hydrogen-bond donors (Lipinski definition) is 1. The topological polar surface area (TPSA) is 43.1 Å².